The molecule has 1 atom stereocenters. The van der Waals surface area contributed by atoms with Crippen LogP contribution in [-0.4, -0.2) is 64.0 Å². The molecule has 3 amide bonds. The summed E-state index contributed by atoms with van der Waals surface area (Å²) in [6.45, 7) is -0.434. The number of alkyl carbamates (subject to hydrolysis) is 1. The third-order valence-corrected chi connectivity index (χ3v) is 5.07. The average molecular weight is 501 g/mol. The van der Waals surface area contributed by atoms with Gasteiger partial charge in [0, 0.05) is 18.4 Å². The van der Waals surface area contributed by atoms with E-state index in [0.29, 0.717) is 16.8 Å². The minimum absolute atomic E-state index is 0.0321. The van der Waals surface area contributed by atoms with Crippen molar-refractivity contribution in [2.24, 2.45) is 5.73 Å². The Hall–Kier alpha value is -4.75. The maximum atomic E-state index is 13.3. The van der Waals surface area contributed by atoms with E-state index in [1.54, 1.807) is 24.3 Å². The van der Waals surface area contributed by atoms with Gasteiger partial charge in [0.05, 0.1) is 38.3 Å². The van der Waals surface area contributed by atoms with Crippen molar-refractivity contribution in [3.8, 4) is 0 Å². The van der Waals surface area contributed by atoms with Crippen LogP contribution in [0.1, 0.15) is 29.7 Å². The second kappa shape index (κ2) is 12.6. The largest absolute Gasteiger partial charge is 0.481 e. The highest BCUT2D eigenvalue weighted by atomic mass is 16.5. The molecule has 0 aliphatic heterocycles. The molecule has 0 saturated heterocycles. The molecule has 1 heterocycles. The zero-order valence-electron chi connectivity index (χ0n) is 19.5. The van der Waals surface area contributed by atoms with Crippen LogP contribution in [0, 0.1) is 5.41 Å². The minimum atomic E-state index is -1.79. The van der Waals surface area contributed by atoms with E-state index in [-0.39, 0.29) is 31.0 Å². The fourth-order valence-corrected chi connectivity index (χ4v) is 3.25. The number of benzene rings is 1. The van der Waals surface area contributed by atoms with Crippen molar-refractivity contribution < 1.29 is 29.0 Å². The van der Waals surface area contributed by atoms with E-state index < -0.39 is 42.4 Å². The first-order valence-corrected chi connectivity index (χ1v) is 10.7. The Balaban J connectivity index is 2.22. The zero-order valence-corrected chi connectivity index (χ0v) is 19.5. The number of methoxy groups -OCH3 is 1. The lowest BCUT2D eigenvalue weighted by Gasteiger charge is -2.33. The Morgan fingerprint density at radius 1 is 1.17 bits per heavy atom. The number of nitrogens with one attached hydrogen (secondary N) is 4. The SMILES string of the molecule is COC(=O)N[C@](CCC(=O)O)(Cc1cccc(C(=N)N)c1)C(=O)NCC(=O)NCc1cnc(N)cn1. The van der Waals surface area contributed by atoms with E-state index in [2.05, 4.69) is 30.7 Å². The van der Waals surface area contributed by atoms with E-state index in [9.17, 15) is 24.3 Å². The van der Waals surface area contributed by atoms with E-state index in [1.807, 2.05) is 0 Å². The van der Waals surface area contributed by atoms with Crippen LogP contribution in [0.15, 0.2) is 36.7 Å². The number of hydrogen-bond acceptors (Lipinski definition) is 9. The number of rotatable bonds is 12. The molecule has 192 valence electrons. The van der Waals surface area contributed by atoms with Gasteiger partial charge >= 0.3 is 12.1 Å². The van der Waals surface area contributed by atoms with E-state index in [4.69, 9.17) is 16.9 Å². The molecule has 14 heteroatoms. The summed E-state index contributed by atoms with van der Waals surface area (Å²) in [4.78, 5) is 56.9. The number of carbonyl (C=O) groups is 4. The van der Waals surface area contributed by atoms with Crippen LogP contribution in [0.2, 0.25) is 0 Å². The number of nitrogens with zero attached hydrogens (tertiary/aromatic N) is 2. The minimum Gasteiger partial charge on any atom is -0.481 e. The van der Waals surface area contributed by atoms with Crippen molar-refractivity contribution in [2.45, 2.75) is 31.3 Å². The van der Waals surface area contributed by atoms with Crippen molar-refractivity contribution in [1.29, 1.82) is 5.41 Å². The fraction of sp³-hybridized carbons (Fsp3) is 0.318. The van der Waals surface area contributed by atoms with Gasteiger partial charge in [-0.25, -0.2) is 9.78 Å². The summed E-state index contributed by atoms with van der Waals surface area (Å²) in [5.74, 6) is -2.54. The molecule has 0 aliphatic rings. The summed E-state index contributed by atoms with van der Waals surface area (Å²) in [6.07, 6.45) is 0.817. The number of hydrogen-bond donors (Lipinski definition) is 7. The van der Waals surface area contributed by atoms with Crippen LogP contribution < -0.4 is 27.4 Å². The predicted molar refractivity (Wildman–Crippen MR) is 128 cm³/mol. The Labute approximate surface area is 206 Å². The molecule has 2 rings (SSSR count). The number of amides is 3. The van der Waals surface area contributed by atoms with Crippen LogP contribution >= 0.6 is 0 Å². The second-order valence-corrected chi connectivity index (χ2v) is 7.78. The smallest absolute Gasteiger partial charge is 0.407 e. The quantitative estimate of drug-likeness (QED) is 0.142. The number of aliphatic carboxylic acids is 1. The lowest BCUT2D eigenvalue weighted by molar-refractivity contribution is -0.138. The Morgan fingerprint density at radius 3 is 2.53 bits per heavy atom. The van der Waals surface area contributed by atoms with Crippen LogP contribution in [0.3, 0.4) is 0 Å². The standard InChI is InChI=1S/C22H28N8O6/c1-36-21(35)30-22(6-5-18(32)33,8-13-3-2-4-14(7-13)19(24)25)20(34)29-12-17(31)28-10-15-9-27-16(23)11-26-15/h2-4,7,9,11H,5-6,8,10,12H2,1H3,(H2,23,27)(H3,24,25)(H,28,31)(H,29,34)(H,30,35)(H,32,33)/t22-/m1/s1. The van der Waals surface area contributed by atoms with E-state index >= 15 is 0 Å². The van der Waals surface area contributed by atoms with Gasteiger partial charge in [0.2, 0.25) is 11.8 Å². The molecule has 36 heavy (non-hydrogen) atoms. The first kappa shape index (κ1) is 27.5. The molecular formula is C22H28N8O6. The summed E-state index contributed by atoms with van der Waals surface area (Å²) in [5.41, 5.74) is 10.5. The molecule has 0 aliphatic carbocycles. The molecular weight excluding hydrogens is 472 g/mol. The average Bonchev–Trinajstić information content (AvgIpc) is 2.85. The van der Waals surface area contributed by atoms with Gasteiger partial charge in [-0.1, -0.05) is 18.2 Å². The van der Waals surface area contributed by atoms with E-state index in [0.717, 1.165) is 7.11 Å². The number of anilines is 1. The molecule has 14 nitrogen and oxygen atoms in total. The van der Waals surface area contributed by atoms with Gasteiger partial charge in [-0.15, -0.1) is 0 Å². The maximum Gasteiger partial charge on any atom is 0.407 e. The van der Waals surface area contributed by atoms with E-state index in [1.165, 1.54) is 12.4 Å². The van der Waals surface area contributed by atoms with Crippen molar-refractivity contribution >= 4 is 35.5 Å². The highest BCUT2D eigenvalue weighted by molar-refractivity contribution is 5.95. The van der Waals surface area contributed by atoms with Gasteiger partial charge in [-0.05, 0) is 18.1 Å². The molecule has 2 aromatic rings. The van der Waals surface area contributed by atoms with Crippen LogP contribution in [0.4, 0.5) is 10.6 Å². The number of carboxylic acids is 1. The molecule has 0 radical (unpaired) electrons. The normalized spacial score (nSPS) is 12.0. The number of ether oxygens (including phenoxy) is 1. The topological polar surface area (TPSA) is 236 Å². The van der Waals surface area contributed by atoms with Gasteiger partial charge in [0.25, 0.3) is 0 Å². The maximum absolute atomic E-state index is 13.3. The second-order valence-electron chi connectivity index (χ2n) is 7.78. The Bertz CT molecular complexity index is 1120. The van der Waals surface area contributed by atoms with Crippen molar-refractivity contribution in [3.63, 3.8) is 0 Å². The Kier molecular flexibility index (Phi) is 9.65. The Morgan fingerprint density at radius 2 is 1.92 bits per heavy atom. The summed E-state index contributed by atoms with van der Waals surface area (Å²) in [5, 5.41) is 24.3. The highest BCUT2D eigenvalue weighted by Gasteiger charge is 2.41. The first-order valence-electron chi connectivity index (χ1n) is 10.7. The third kappa shape index (κ3) is 8.23. The summed E-state index contributed by atoms with van der Waals surface area (Å²) >= 11 is 0. The molecule has 1 aromatic carbocycles. The van der Waals surface area contributed by atoms with Crippen molar-refractivity contribution in [3.05, 3.63) is 53.5 Å². The van der Waals surface area contributed by atoms with Gasteiger partial charge in [0.1, 0.15) is 17.2 Å². The van der Waals surface area contributed by atoms with Crippen LogP contribution in [-0.2, 0) is 32.1 Å². The monoisotopic (exact) mass is 500 g/mol. The summed E-state index contributed by atoms with van der Waals surface area (Å²) in [7, 11) is 1.10. The first-order chi connectivity index (χ1) is 17.0. The number of nitrogen functional groups attached to an aromatic ring is 2. The van der Waals surface area contributed by atoms with Crippen LogP contribution in [0.25, 0.3) is 0 Å². The lowest BCUT2D eigenvalue weighted by Crippen LogP contribution is -2.61. The van der Waals surface area contributed by atoms with Crippen LogP contribution in [0.5, 0.6) is 0 Å². The molecule has 0 saturated carbocycles. The molecule has 9 N–H and O–H groups in total. The molecule has 1 aromatic heterocycles. The fourth-order valence-electron chi connectivity index (χ4n) is 3.25. The van der Waals surface area contributed by atoms with Crippen molar-refractivity contribution in [1.82, 2.24) is 25.9 Å². The summed E-state index contributed by atoms with van der Waals surface area (Å²) < 4.78 is 4.65. The van der Waals surface area contributed by atoms with Gasteiger partial charge in [-0.3, -0.25) is 24.8 Å². The number of amidine groups is 1. The molecule has 0 bridgehead atoms. The lowest BCUT2D eigenvalue weighted by atomic mass is 9.84. The predicted octanol–water partition coefficient (Wildman–Crippen LogP) is -0.722. The zero-order chi connectivity index (χ0) is 26.7. The number of aromatic nitrogens is 2. The van der Waals surface area contributed by atoms with Gasteiger partial charge in [0.15, 0.2) is 0 Å². The number of nitrogens with two attached hydrogens (primary N) is 2. The third-order valence-electron chi connectivity index (χ3n) is 5.07. The number of carboxylic acid groups (broad SMARTS) is 1. The molecule has 0 unspecified atom stereocenters. The van der Waals surface area contributed by atoms with Gasteiger partial charge < -0.3 is 37.3 Å². The molecule has 0 fully saturated rings. The van der Waals surface area contributed by atoms with Crippen molar-refractivity contribution in [2.75, 3.05) is 19.4 Å². The number of carbonyl (C=O) groups excluding carboxylic acids is 3. The molecule has 0 spiro atoms. The van der Waals surface area contributed by atoms with Gasteiger partial charge in [-0.2, -0.15) is 0 Å². The highest BCUT2D eigenvalue weighted by Crippen LogP contribution is 2.22. The summed E-state index contributed by atoms with van der Waals surface area (Å²) in [6, 6.07) is 6.38.